The van der Waals surface area contributed by atoms with E-state index in [1.54, 1.807) is 0 Å². The molecule has 1 aromatic rings. The zero-order chi connectivity index (χ0) is 13.7. The van der Waals surface area contributed by atoms with Crippen LogP contribution in [0.3, 0.4) is 0 Å². The summed E-state index contributed by atoms with van der Waals surface area (Å²) in [6.07, 6.45) is 4.55. The second-order valence-corrected chi connectivity index (χ2v) is 5.49. The monoisotopic (exact) mass is 263 g/mol. The maximum Gasteiger partial charge on any atom is 0.151 e. The molecule has 0 amide bonds. The van der Waals surface area contributed by atoms with Gasteiger partial charge >= 0.3 is 0 Å². The molecule has 0 spiro atoms. The van der Waals surface area contributed by atoms with E-state index in [1.807, 2.05) is 12.3 Å². The van der Waals surface area contributed by atoms with Crippen molar-refractivity contribution in [3.8, 4) is 0 Å². The van der Waals surface area contributed by atoms with Crippen molar-refractivity contribution in [1.29, 1.82) is 0 Å². The molecular formula is C15H25N3O. The van der Waals surface area contributed by atoms with E-state index in [2.05, 4.69) is 35.1 Å². The fraction of sp³-hybridized carbons (Fsp3) is 0.667. The molecule has 0 aliphatic carbocycles. The van der Waals surface area contributed by atoms with Crippen LogP contribution in [-0.2, 0) is 0 Å². The Morgan fingerprint density at radius 2 is 2.21 bits per heavy atom. The minimum Gasteiger partial charge on any atom is -0.393 e. The number of hydrogen-bond acceptors (Lipinski definition) is 4. The number of nitrogens with one attached hydrogen (secondary N) is 1. The fourth-order valence-electron chi connectivity index (χ4n) is 2.29. The minimum atomic E-state index is -0.142. The molecule has 2 heterocycles. The quantitative estimate of drug-likeness (QED) is 0.857. The van der Waals surface area contributed by atoms with Gasteiger partial charge in [0.05, 0.1) is 11.8 Å². The van der Waals surface area contributed by atoms with Crippen molar-refractivity contribution in [2.75, 3.05) is 29.9 Å². The number of rotatable bonds is 5. The summed E-state index contributed by atoms with van der Waals surface area (Å²) in [5.41, 5.74) is 1.11. The standard InChI is InChI=1S/C15H25N3O/c1-3-12(2)11-17-14-5-4-8-16-15(14)18-9-6-13(19)7-10-18/h4-5,8,12-13,17,19H,3,6-7,9-11H2,1-2H3. The van der Waals surface area contributed by atoms with E-state index < -0.39 is 0 Å². The number of hydrogen-bond donors (Lipinski definition) is 2. The van der Waals surface area contributed by atoms with Crippen LogP contribution >= 0.6 is 0 Å². The highest BCUT2D eigenvalue weighted by Crippen LogP contribution is 2.26. The summed E-state index contributed by atoms with van der Waals surface area (Å²) in [7, 11) is 0. The lowest BCUT2D eigenvalue weighted by Crippen LogP contribution is -2.36. The summed E-state index contributed by atoms with van der Waals surface area (Å²) < 4.78 is 0. The predicted molar refractivity (Wildman–Crippen MR) is 79.6 cm³/mol. The van der Waals surface area contributed by atoms with E-state index in [9.17, 15) is 5.11 Å². The summed E-state index contributed by atoms with van der Waals surface area (Å²) in [5.74, 6) is 1.69. The van der Waals surface area contributed by atoms with Gasteiger partial charge in [-0.25, -0.2) is 4.98 Å². The first-order valence-corrected chi connectivity index (χ1v) is 7.32. The van der Waals surface area contributed by atoms with E-state index in [4.69, 9.17) is 0 Å². The third kappa shape index (κ3) is 3.83. The first kappa shape index (κ1) is 14.1. The molecule has 106 valence electrons. The second-order valence-electron chi connectivity index (χ2n) is 5.49. The van der Waals surface area contributed by atoms with Crippen LogP contribution in [0.4, 0.5) is 11.5 Å². The maximum absolute atomic E-state index is 9.59. The lowest BCUT2D eigenvalue weighted by molar-refractivity contribution is 0.145. The third-order valence-corrected chi connectivity index (χ3v) is 3.89. The van der Waals surface area contributed by atoms with Crippen molar-refractivity contribution < 1.29 is 5.11 Å². The van der Waals surface area contributed by atoms with Crippen LogP contribution in [0.15, 0.2) is 18.3 Å². The number of aromatic nitrogens is 1. The molecule has 0 radical (unpaired) electrons. The van der Waals surface area contributed by atoms with E-state index in [0.29, 0.717) is 5.92 Å². The maximum atomic E-state index is 9.59. The van der Waals surface area contributed by atoms with Crippen LogP contribution in [0.5, 0.6) is 0 Å². The van der Waals surface area contributed by atoms with Crippen LogP contribution in [0.2, 0.25) is 0 Å². The molecular weight excluding hydrogens is 238 g/mol. The summed E-state index contributed by atoms with van der Waals surface area (Å²) in [4.78, 5) is 6.78. The number of piperidine rings is 1. The Hall–Kier alpha value is -1.29. The van der Waals surface area contributed by atoms with Gasteiger partial charge in [0, 0.05) is 25.8 Å². The van der Waals surface area contributed by atoms with Crippen LogP contribution < -0.4 is 10.2 Å². The predicted octanol–water partition coefficient (Wildman–Crippen LogP) is 2.50. The lowest BCUT2D eigenvalue weighted by Gasteiger charge is -2.32. The van der Waals surface area contributed by atoms with Crippen LogP contribution in [0.25, 0.3) is 0 Å². The van der Waals surface area contributed by atoms with E-state index in [1.165, 1.54) is 6.42 Å². The molecule has 1 atom stereocenters. The topological polar surface area (TPSA) is 48.4 Å². The highest BCUT2D eigenvalue weighted by atomic mass is 16.3. The number of anilines is 2. The van der Waals surface area contributed by atoms with Crippen molar-refractivity contribution in [2.45, 2.75) is 39.2 Å². The SMILES string of the molecule is CCC(C)CNc1cccnc1N1CCC(O)CC1. The minimum absolute atomic E-state index is 0.142. The summed E-state index contributed by atoms with van der Waals surface area (Å²) in [5, 5.41) is 13.1. The van der Waals surface area contributed by atoms with Gasteiger partial charge in [0.15, 0.2) is 5.82 Å². The molecule has 1 aromatic heterocycles. The van der Waals surface area contributed by atoms with Crippen LogP contribution in [0.1, 0.15) is 33.1 Å². The molecule has 0 saturated carbocycles. The smallest absolute Gasteiger partial charge is 0.151 e. The molecule has 2 N–H and O–H groups in total. The summed E-state index contributed by atoms with van der Waals surface area (Å²) >= 11 is 0. The number of pyridine rings is 1. The van der Waals surface area contributed by atoms with Crippen molar-refractivity contribution in [2.24, 2.45) is 5.92 Å². The van der Waals surface area contributed by atoms with E-state index >= 15 is 0 Å². The average molecular weight is 263 g/mol. The number of aliphatic hydroxyl groups is 1. The normalized spacial score (nSPS) is 18.4. The molecule has 0 bridgehead atoms. The summed E-state index contributed by atoms with van der Waals surface area (Å²) in [6, 6.07) is 4.07. The molecule has 1 aliphatic heterocycles. The van der Waals surface area contributed by atoms with Gasteiger partial charge in [0.1, 0.15) is 0 Å². The van der Waals surface area contributed by atoms with Gasteiger partial charge in [-0.3, -0.25) is 0 Å². The Kier molecular flexibility index (Phi) is 5.02. The Morgan fingerprint density at radius 1 is 1.47 bits per heavy atom. The Bertz CT molecular complexity index is 389. The molecule has 1 saturated heterocycles. The van der Waals surface area contributed by atoms with Crippen LogP contribution in [0, 0.1) is 5.92 Å². The first-order valence-electron chi connectivity index (χ1n) is 7.32. The molecule has 1 fully saturated rings. The van der Waals surface area contributed by atoms with Gasteiger partial charge in [0.25, 0.3) is 0 Å². The highest BCUT2D eigenvalue weighted by Gasteiger charge is 2.20. The molecule has 4 nitrogen and oxygen atoms in total. The molecule has 1 aliphatic rings. The Morgan fingerprint density at radius 3 is 2.89 bits per heavy atom. The van der Waals surface area contributed by atoms with Gasteiger partial charge in [-0.2, -0.15) is 0 Å². The van der Waals surface area contributed by atoms with Gasteiger partial charge in [-0.15, -0.1) is 0 Å². The van der Waals surface area contributed by atoms with Crippen molar-refractivity contribution in [3.63, 3.8) is 0 Å². The lowest BCUT2D eigenvalue weighted by atomic mass is 10.1. The van der Waals surface area contributed by atoms with Crippen LogP contribution in [-0.4, -0.2) is 35.8 Å². The molecule has 19 heavy (non-hydrogen) atoms. The van der Waals surface area contributed by atoms with Gasteiger partial charge in [0.2, 0.25) is 0 Å². The molecule has 1 unspecified atom stereocenters. The van der Waals surface area contributed by atoms with Gasteiger partial charge in [-0.1, -0.05) is 20.3 Å². The summed E-state index contributed by atoms with van der Waals surface area (Å²) in [6.45, 7) is 7.21. The molecule has 0 aromatic carbocycles. The third-order valence-electron chi connectivity index (χ3n) is 3.89. The number of aliphatic hydroxyl groups excluding tert-OH is 1. The number of nitrogens with zero attached hydrogens (tertiary/aromatic N) is 2. The Balaban J connectivity index is 2.03. The highest BCUT2D eigenvalue weighted by molar-refractivity contribution is 5.65. The van der Waals surface area contributed by atoms with E-state index in [-0.39, 0.29) is 6.10 Å². The van der Waals surface area contributed by atoms with Crippen molar-refractivity contribution >= 4 is 11.5 Å². The average Bonchev–Trinajstić information content (AvgIpc) is 2.46. The second kappa shape index (κ2) is 6.75. The fourth-order valence-corrected chi connectivity index (χ4v) is 2.29. The first-order chi connectivity index (χ1) is 9.20. The zero-order valence-electron chi connectivity index (χ0n) is 12.0. The van der Waals surface area contributed by atoms with Crippen molar-refractivity contribution in [1.82, 2.24) is 4.98 Å². The zero-order valence-corrected chi connectivity index (χ0v) is 12.0. The van der Waals surface area contributed by atoms with Gasteiger partial charge in [-0.05, 0) is 30.9 Å². The Labute approximate surface area is 115 Å². The van der Waals surface area contributed by atoms with Gasteiger partial charge < -0.3 is 15.3 Å². The van der Waals surface area contributed by atoms with E-state index in [0.717, 1.165) is 44.0 Å². The molecule has 4 heteroatoms. The largest absolute Gasteiger partial charge is 0.393 e. The molecule has 2 rings (SSSR count). The van der Waals surface area contributed by atoms with Crippen molar-refractivity contribution in [3.05, 3.63) is 18.3 Å².